The molecule has 0 atom stereocenters. The zero-order valence-corrected chi connectivity index (χ0v) is 68.2. The van der Waals surface area contributed by atoms with Crippen LogP contribution in [0.25, 0.3) is 44.1 Å². The second-order valence-corrected chi connectivity index (χ2v) is 29.5. The first-order valence-corrected chi connectivity index (χ1v) is 38.8. The number of carbonyl (C=O) groups is 4. The molecule has 0 saturated heterocycles. The number of alkyl halides is 12. The Hall–Kier alpha value is -16.1. The first-order valence-electron chi connectivity index (χ1n) is 38.8. The molecular weight excluding hydrogens is 1700 g/mol. The van der Waals surface area contributed by atoms with Gasteiger partial charge in [0.1, 0.15) is 11.3 Å². The minimum Gasteiger partial charge on any atom is -0.397 e. The van der Waals surface area contributed by atoms with Crippen LogP contribution in [0.5, 0.6) is 0 Å². The number of aromatic nitrogens is 8. The number of nitrogen functional groups attached to an aromatic ring is 4. The van der Waals surface area contributed by atoms with Gasteiger partial charge in [-0.2, -0.15) is 52.7 Å². The summed E-state index contributed by atoms with van der Waals surface area (Å²) in [7, 11) is 5.55. The van der Waals surface area contributed by atoms with Crippen LogP contribution in [0.2, 0.25) is 0 Å². The lowest BCUT2D eigenvalue weighted by atomic mass is 10.1. The fourth-order valence-corrected chi connectivity index (χ4v) is 14.2. The predicted molar refractivity (Wildman–Crippen MR) is 466 cm³/mol. The average Bonchev–Trinajstić information content (AvgIpc) is 1.62. The number of hydrogen-bond acceptors (Lipinski definition) is 12. The summed E-state index contributed by atoms with van der Waals surface area (Å²) in [4.78, 5) is 100. The van der Waals surface area contributed by atoms with E-state index in [2.05, 4.69) is 21.3 Å². The van der Waals surface area contributed by atoms with E-state index in [0.29, 0.717) is 102 Å². The zero-order chi connectivity index (χ0) is 93.0. The summed E-state index contributed by atoms with van der Waals surface area (Å²) in [5, 5.41) is 10.8. The molecule has 129 heavy (non-hydrogen) atoms. The van der Waals surface area contributed by atoms with E-state index in [9.17, 15) is 95.4 Å². The van der Waals surface area contributed by atoms with Gasteiger partial charge in [0, 0.05) is 50.4 Å². The number of nitrogens with one attached hydrogen (secondary N) is 4. The minimum absolute atomic E-state index is 0.0605. The molecule has 0 fully saturated rings. The van der Waals surface area contributed by atoms with Crippen molar-refractivity contribution in [2.45, 2.75) is 50.9 Å². The number of rotatable bonds is 16. The number of nitrogens with two attached hydrogens (primary N) is 4. The molecule has 662 valence electrons. The van der Waals surface area contributed by atoms with Crippen molar-refractivity contribution in [2.75, 3.05) is 44.2 Å². The number of fused-ring (bicyclic) bond motifs is 4. The van der Waals surface area contributed by atoms with E-state index in [1.54, 1.807) is 182 Å². The van der Waals surface area contributed by atoms with Crippen LogP contribution >= 0.6 is 0 Å². The molecular formula is C92H75F13N16O8. The third-order valence-electron chi connectivity index (χ3n) is 21.0. The highest BCUT2D eigenvalue weighted by molar-refractivity contribution is 6.08. The minimum atomic E-state index is -4.74. The molecule has 12 aromatic carbocycles. The van der Waals surface area contributed by atoms with Gasteiger partial charge in [0.25, 0.3) is 23.6 Å². The normalized spacial score (nSPS) is 11.6. The Morgan fingerprint density at radius 3 is 0.930 bits per heavy atom. The van der Waals surface area contributed by atoms with Crippen molar-refractivity contribution in [1.29, 1.82) is 0 Å². The third-order valence-corrected chi connectivity index (χ3v) is 21.0. The number of hydrogen-bond donors (Lipinski definition) is 8. The van der Waals surface area contributed by atoms with E-state index in [-0.39, 0.29) is 82.5 Å². The molecule has 0 aliphatic carbocycles. The highest BCUT2D eigenvalue weighted by atomic mass is 19.4. The molecule has 4 heterocycles. The summed E-state index contributed by atoms with van der Waals surface area (Å²) < 4.78 is 183. The fourth-order valence-electron chi connectivity index (χ4n) is 14.2. The average molecular weight is 1780 g/mol. The van der Waals surface area contributed by atoms with E-state index < -0.39 is 81.4 Å². The maximum Gasteiger partial charge on any atom is 0.418 e. The van der Waals surface area contributed by atoms with Crippen LogP contribution in [-0.2, 0) is 79.1 Å². The summed E-state index contributed by atoms with van der Waals surface area (Å²) in [6.45, 7) is -0.0428. The fraction of sp³-hybridized carbons (Fsp3) is 0.130. The molecule has 4 amide bonds. The van der Waals surface area contributed by atoms with Crippen LogP contribution in [0.3, 0.4) is 0 Å². The number of imidazole rings is 4. The second-order valence-electron chi connectivity index (χ2n) is 29.5. The van der Waals surface area contributed by atoms with Gasteiger partial charge < -0.3 is 44.2 Å². The highest BCUT2D eigenvalue weighted by Gasteiger charge is 2.38. The van der Waals surface area contributed by atoms with Crippen molar-refractivity contribution >= 4 is 113 Å². The molecule has 0 saturated carbocycles. The van der Waals surface area contributed by atoms with Crippen molar-refractivity contribution in [3.05, 3.63) is 375 Å². The Bertz CT molecular complexity index is 7130. The Kier molecular flexibility index (Phi) is 25.7. The van der Waals surface area contributed by atoms with Crippen molar-refractivity contribution in [3.63, 3.8) is 0 Å². The van der Waals surface area contributed by atoms with Gasteiger partial charge in [-0.1, -0.05) is 109 Å². The van der Waals surface area contributed by atoms with Crippen molar-refractivity contribution in [1.82, 2.24) is 36.5 Å². The van der Waals surface area contributed by atoms with Crippen LogP contribution in [0, 0.1) is 5.82 Å². The first kappa shape index (κ1) is 90.6. The van der Waals surface area contributed by atoms with E-state index in [0.717, 1.165) is 48.6 Å². The Balaban J connectivity index is 0.000000147. The summed E-state index contributed by atoms with van der Waals surface area (Å²) in [5.74, 6) is -2.63. The molecule has 0 spiro atoms. The molecule has 4 aromatic heterocycles. The topological polar surface area (TPSA) is 328 Å². The Labute approximate surface area is 721 Å². The lowest BCUT2D eigenvalue weighted by Gasteiger charge is -2.11. The van der Waals surface area contributed by atoms with E-state index in [1.165, 1.54) is 88.9 Å². The number of anilines is 8. The molecule has 0 bridgehead atoms. The van der Waals surface area contributed by atoms with Gasteiger partial charge in [0.15, 0.2) is 0 Å². The number of benzene rings is 12. The molecule has 0 aliphatic heterocycles. The van der Waals surface area contributed by atoms with Gasteiger partial charge in [-0.25, -0.2) is 23.6 Å². The maximum atomic E-state index is 14.6. The molecule has 12 N–H and O–H groups in total. The molecule has 16 rings (SSSR count). The van der Waals surface area contributed by atoms with Gasteiger partial charge in [-0.05, 0) is 174 Å². The van der Waals surface area contributed by atoms with E-state index in [4.69, 9.17) is 22.9 Å². The van der Waals surface area contributed by atoms with Crippen LogP contribution in [0.1, 0.15) is 85.9 Å². The maximum absolute atomic E-state index is 14.6. The van der Waals surface area contributed by atoms with Crippen molar-refractivity contribution in [2.24, 2.45) is 28.2 Å². The quantitative estimate of drug-likeness (QED) is 0.0331. The number of amides is 4. The summed E-state index contributed by atoms with van der Waals surface area (Å²) in [6.07, 6.45) is -18.4. The van der Waals surface area contributed by atoms with Crippen LogP contribution in [0.4, 0.5) is 103 Å². The molecule has 37 heteroatoms. The van der Waals surface area contributed by atoms with Gasteiger partial charge in [-0.3, -0.25) is 55.7 Å². The highest BCUT2D eigenvalue weighted by Crippen LogP contribution is 2.39. The van der Waals surface area contributed by atoms with Gasteiger partial charge in [0.2, 0.25) is 0 Å². The lowest BCUT2D eigenvalue weighted by molar-refractivity contribution is -0.138. The number of nitrogens with zero attached hydrogens (tertiary/aromatic N) is 8. The third kappa shape index (κ3) is 19.9. The molecule has 0 aliphatic rings. The van der Waals surface area contributed by atoms with Crippen LogP contribution in [-0.4, -0.2) is 60.2 Å². The Morgan fingerprint density at radius 2 is 0.574 bits per heavy atom. The number of aryl methyl sites for hydroxylation is 4. The van der Waals surface area contributed by atoms with Crippen LogP contribution in [0.15, 0.2) is 280 Å². The lowest BCUT2D eigenvalue weighted by Crippen LogP contribution is -2.23. The molecule has 0 radical (unpaired) electrons. The SMILES string of the molecule is Cn1c(=O)n(Cc2ccc(C(=O)Nc3ccccc3N)cc2)c2c(C(F)(F)F)cccc21.Cn1c(=O)n(Cc2ccc(C(=O)Nc3ccccc3N)cc2)c2c(F)cc(C(F)(F)F)cc21.Cn1c(=O)n(Cc2ccc(C(=O)Nc3ccccc3N)cc2)c2cc(C(F)(F)F)ccc21.Cn1c(=O)n(Cc2ccc(C(=O)Nc3ccccc3N)cc2)c2cccc(C(F)(F)F)c21. The molecule has 24 nitrogen and oxygen atoms in total. The number of carbonyl (C=O) groups excluding carboxylic acids is 4. The largest absolute Gasteiger partial charge is 0.418 e. The standard InChI is InChI=1S/C23H18F4N4O2.3C23H19F3N4O2/c1-30-19-11-15(23(25,26)27)10-16(24)20(19)31(22(30)33)12-13-6-8-14(9-7-13)21(32)29-18-5-3-2-4-17(18)28;1-29-20-16(23(24,25)26)5-4-8-19(20)30(22(29)32)13-14-9-11-15(12-10-14)21(31)28-18-7-3-2-6-17(18)27;1-29-19-8-4-5-16(23(24,25)26)20(19)30(22(29)32)13-14-9-11-15(12-10-14)21(31)28-18-7-3-2-6-17(18)27;1-29-19-11-10-16(23(24,25)26)12-20(19)30(22(29)32)13-14-6-8-15(9-7-14)21(31)28-18-5-3-2-4-17(18)27/h2-11H,12,28H2,1H3,(H,29,32);3*2-12H,13,27H2,1H3,(H,28,31). The van der Waals surface area contributed by atoms with Crippen molar-refractivity contribution < 1.29 is 76.3 Å². The summed E-state index contributed by atoms with van der Waals surface area (Å²) in [6, 6.07) is 64.6. The predicted octanol–water partition coefficient (Wildman–Crippen LogP) is 17.1. The monoisotopic (exact) mass is 1780 g/mol. The summed E-state index contributed by atoms with van der Waals surface area (Å²) in [5.41, 5.74) is 25.1. The number of para-hydroxylation sites is 10. The van der Waals surface area contributed by atoms with Gasteiger partial charge in [0.05, 0.1) is 133 Å². The van der Waals surface area contributed by atoms with Gasteiger partial charge in [-0.15, -0.1) is 0 Å². The summed E-state index contributed by atoms with van der Waals surface area (Å²) >= 11 is 0. The zero-order valence-electron chi connectivity index (χ0n) is 68.2. The molecule has 0 unspecified atom stereocenters. The van der Waals surface area contributed by atoms with Gasteiger partial charge >= 0.3 is 47.5 Å². The Morgan fingerprint density at radius 1 is 0.279 bits per heavy atom. The van der Waals surface area contributed by atoms with Crippen molar-refractivity contribution in [3.8, 4) is 0 Å². The van der Waals surface area contributed by atoms with E-state index >= 15 is 0 Å². The second kappa shape index (κ2) is 36.6. The molecule has 16 aromatic rings. The van der Waals surface area contributed by atoms with E-state index in [1.807, 2.05) is 0 Å². The number of halogens is 13. The van der Waals surface area contributed by atoms with Crippen LogP contribution < -0.4 is 67.0 Å². The smallest absolute Gasteiger partial charge is 0.397 e. The first-order chi connectivity index (χ1) is 61.0.